The molecule has 10 aliphatic heterocycles. The Kier molecular flexibility index (Phi) is 39.2. The van der Waals surface area contributed by atoms with Gasteiger partial charge in [-0.15, -0.1) is 65.9 Å². The Balaban J connectivity index is 0.000000244. The second-order valence-corrected chi connectivity index (χ2v) is 65.2. The number of aliphatic hydroxyl groups excluding tert-OH is 10. The number of aliphatic hydroxyl groups is 10. The van der Waals surface area contributed by atoms with Gasteiger partial charge in [0.25, 0.3) is 0 Å². The largest absolute Gasteiger partial charge is 0.412 e. The first-order valence-corrected chi connectivity index (χ1v) is 60.6. The molecule has 20 atom stereocenters. The van der Waals surface area contributed by atoms with E-state index in [1.54, 1.807) is 46.6 Å². The van der Waals surface area contributed by atoms with Crippen LogP contribution in [0.25, 0.3) is 0 Å². The lowest BCUT2D eigenvalue weighted by Gasteiger charge is -2.37. The molecule has 5 fully saturated rings. The van der Waals surface area contributed by atoms with Gasteiger partial charge < -0.3 is 135 Å². The van der Waals surface area contributed by atoms with Crippen molar-refractivity contribution in [2.75, 3.05) is 146 Å². The minimum Gasteiger partial charge on any atom is -0.412 e. The summed E-state index contributed by atoms with van der Waals surface area (Å²) in [5.74, 6) is 4.43. The van der Waals surface area contributed by atoms with Crippen LogP contribution in [0.5, 0.6) is 0 Å². The van der Waals surface area contributed by atoms with Gasteiger partial charge in [-0.2, -0.15) is 0 Å². The number of methoxy groups -OCH3 is 1. The number of aliphatic imine (C=N–C) groups is 5. The lowest BCUT2D eigenvalue weighted by molar-refractivity contribution is -0.117. The molecule has 0 spiro atoms. The highest BCUT2D eigenvalue weighted by atomic mass is 31.2. The molecule has 0 radical (unpaired) electrons. The van der Waals surface area contributed by atoms with Crippen LogP contribution < -0.4 is 16.8 Å². The van der Waals surface area contributed by atoms with E-state index >= 15 is 0 Å². The van der Waals surface area contributed by atoms with E-state index in [0.717, 1.165) is 54.5 Å². The number of carbonyl (C=O) groups is 1. The van der Waals surface area contributed by atoms with Crippen LogP contribution in [0.4, 0.5) is 0 Å². The van der Waals surface area contributed by atoms with Gasteiger partial charge in [-0.1, -0.05) is 60.6 Å². The summed E-state index contributed by atoms with van der Waals surface area (Å²) in [5.41, 5.74) is 13.8. The summed E-state index contributed by atoms with van der Waals surface area (Å²) in [6.07, 6.45) is 27.2. The Labute approximate surface area is 751 Å². The van der Waals surface area contributed by atoms with Crippen molar-refractivity contribution in [3.63, 3.8) is 0 Å². The van der Waals surface area contributed by atoms with Crippen molar-refractivity contribution in [3.8, 4) is 0 Å². The third kappa shape index (κ3) is 30.5. The van der Waals surface area contributed by atoms with Gasteiger partial charge in [-0.25, -0.2) is 25.0 Å². The van der Waals surface area contributed by atoms with Gasteiger partial charge in [0.05, 0.1) is 43.7 Å². The fourth-order valence-electron chi connectivity index (χ4n) is 14.1. The van der Waals surface area contributed by atoms with Crippen molar-refractivity contribution in [2.45, 2.75) is 214 Å². The van der Waals surface area contributed by atoms with Crippen molar-refractivity contribution in [2.24, 2.45) is 36.4 Å². The number of likely N-dealkylation sites (N-methyl/N-ethyl adjacent to an activating group) is 2. The third-order valence-corrected chi connectivity index (χ3v) is 34.7. The number of hydrogen-bond acceptors (Lipinski definition) is 32. The maximum atomic E-state index is 11.3. The fourth-order valence-corrected chi connectivity index (χ4v) is 19.8. The number of nitrogens with two attached hydrogens (primary N) is 2. The average molecular weight is 1880 g/mol. The number of hydrogen-bond donors (Lipinski definition) is 13. The first-order valence-electron chi connectivity index (χ1n) is 42.4. The van der Waals surface area contributed by atoms with Gasteiger partial charge in [0.15, 0.2) is 39.5 Å². The van der Waals surface area contributed by atoms with E-state index in [1.807, 2.05) is 68.2 Å². The molecule has 0 saturated carbocycles. The summed E-state index contributed by atoms with van der Waals surface area (Å²) in [6.45, 7) is 49.2. The normalized spacial score (nSPS) is 30.3. The standard InChI is InChI=1S/C21H40N3O4PSi.C18H30N3O4P.C17H30N3O3P.C16H28N3O3P.C15H26N3O4P/c1-14-23-19(22)15(13-27-30(8,9)21(2,3)4)12-24(14)20-18(26)17(25)16(28-20)10-11-29(5,6)7;1-7-13-10-21(11(2)19-17(13)20-12(3)22)18-16(24)15(23)14(25-18)8-9-26(4,5)6;1-12-18-14(19(2)3)8-10-20(12)17-16(22-4)15(21)13(23-17)9-11-24(5,6)7;1-11-17-13(18(2)3)7-9-19(11)16-15(21)14(20)12(22-16)8-10-23(4,5)6;1-9-17-14(16)10(8-19)7-18(9)15-13(21)12(20)11(22-15)5-6-23(2,3)4/h12,16-18,20,25-26H,1,5,10-11,13H2,2-4,6-9H3,(H2,22,23);10,14-16,18,23-24H,2,4,7-9H2,1,3,5-6H3,(H,19,20,22);8,10,13,15-17,21H,1,5,9,11H2,2-4,6-7H3;7,9,12,14-16,20-21H,1,4,8,10H2,2-3,5-6H3;7,11-13,15,19-21H,1-2,5-6,8H2,3-4H3,(H2,16,17)/t16-,17-,18-,20-;14-,15-,16-,18-;13-,15-,16-,17-;12-,14-,15-,16-;11-,12-,13-,15-/m11111/s1. The molecule has 5 saturated heterocycles. The number of nitrogens with zero attached hydrogens (tertiary/aromatic N) is 12. The minimum atomic E-state index is -1.97. The zero-order valence-electron chi connectivity index (χ0n) is 78.8. The Morgan fingerprint density at radius 3 is 1.06 bits per heavy atom. The Morgan fingerprint density at radius 2 is 0.762 bits per heavy atom. The maximum Gasteiger partial charge on any atom is 0.222 e. The minimum absolute atomic E-state index is 0.0735. The van der Waals surface area contributed by atoms with Crippen LogP contribution in [0.15, 0.2) is 147 Å². The lowest BCUT2D eigenvalue weighted by Crippen LogP contribution is -2.44. The molecule has 0 aromatic carbocycles. The van der Waals surface area contributed by atoms with E-state index < -0.39 is 159 Å². The molecular formula is C87H154N15O18P5Si. The number of rotatable bonds is 26. The van der Waals surface area contributed by atoms with Crippen LogP contribution in [-0.2, 0) is 37.6 Å². The van der Waals surface area contributed by atoms with Crippen LogP contribution >= 0.6 is 34.4 Å². The predicted molar refractivity (Wildman–Crippen MR) is 530 cm³/mol. The lowest BCUT2D eigenvalue weighted by atomic mass is 10.1. The number of amidine groups is 5. The molecule has 0 aromatic rings. The SMILES string of the molecule is C=C1N=C(N(C)C)C=CN1[C@@H]1O[C@H](CCP(=C)(C)C)[C@@H](O)[C@H]1O.C=C1N=C(N(C)C)C=CN1[C@@H]1O[C@H](CCP(=C)(C)C)[C@@H](O)[C@H]1OC.C=C1N=C(N)C(CO)=CN1[C@@H]1O[C@H](CCP(=C)(C)C)[C@@H](O)[C@H]1O.C=C1N=C(N)C(CO[Si](C)(C)C(C)(C)C)=CN1[C@@H]1O[C@H](CCP(=C)(C)C)[C@@H](O)[C@H]1O.C=C1N=C(NC(C)=O)C(CC)=CN1[C@@H]1O[C@H](CCP(=C)(C)C)[C@@H](O)[C@H]1O. The topological polar surface area (TPSA) is 433 Å². The third-order valence-electron chi connectivity index (χ3n) is 22.9. The number of carbonyl (C=O) groups excluding carboxylic acids is 1. The summed E-state index contributed by atoms with van der Waals surface area (Å²) in [6, 6.07) is 0. The number of amides is 1. The number of nitrogens with one attached hydrogen (secondary N) is 1. The second kappa shape index (κ2) is 45.3. The van der Waals surface area contributed by atoms with Crippen molar-refractivity contribution in [1.82, 2.24) is 39.6 Å². The Morgan fingerprint density at radius 1 is 0.476 bits per heavy atom. The first-order chi connectivity index (χ1) is 57.9. The van der Waals surface area contributed by atoms with E-state index in [2.05, 4.69) is 195 Å². The predicted octanol–water partition coefficient (Wildman–Crippen LogP) is 5.52. The maximum absolute atomic E-state index is 11.3. The molecule has 0 aromatic heterocycles. The van der Waals surface area contributed by atoms with E-state index in [9.17, 15) is 55.9 Å². The quantitative estimate of drug-likeness (QED) is 0.0374. The molecule has 10 rings (SSSR count). The monoisotopic (exact) mass is 1880 g/mol. The van der Waals surface area contributed by atoms with Gasteiger partial charge in [0, 0.05) is 89.9 Å². The smallest absolute Gasteiger partial charge is 0.222 e. The van der Waals surface area contributed by atoms with Gasteiger partial charge in [-0.3, -0.25) is 4.79 Å². The van der Waals surface area contributed by atoms with Crippen LogP contribution in [0.2, 0.25) is 18.1 Å². The molecular weight excluding hydrogens is 1730 g/mol. The van der Waals surface area contributed by atoms with E-state index in [1.165, 1.54) is 11.8 Å². The van der Waals surface area contributed by atoms with Gasteiger partial charge in [0.1, 0.15) is 119 Å². The Hall–Kier alpha value is -5.54. The highest BCUT2D eigenvalue weighted by molar-refractivity contribution is 7.73. The van der Waals surface area contributed by atoms with Crippen LogP contribution in [0.1, 0.15) is 73.1 Å². The van der Waals surface area contributed by atoms with Crippen molar-refractivity contribution < 1.29 is 88.7 Å². The molecule has 126 heavy (non-hydrogen) atoms. The highest BCUT2D eigenvalue weighted by Crippen LogP contribution is 2.46. The molecule has 33 nitrogen and oxygen atoms in total. The van der Waals surface area contributed by atoms with Crippen molar-refractivity contribution in [1.29, 1.82) is 0 Å². The van der Waals surface area contributed by atoms with E-state index in [-0.39, 0.29) is 29.5 Å². The van der Waals surface area contributed by atoms with Crippen LogP contribution in [0, 0.1) is 0 Å². The second-order valence-electron chi connectivity index (χ2n) is 38.8. The molecule has 0 aliphatic carbocycles. The van der Waals surface area contributed by atoms with Gasteiger partial charge >= 0.3 is 0 Å². The average Bonchev–Trinajstić information content (AvgIpc) is 1.57. The van der Waals surface area contributed by atoms with Crippen LogP contribution in [0.3, 0.4) is 0 Å². The summed E-state index contributed by atoms with van der Waals surface area (Å²) in [5, 5.41) is 106. The molecule has 39 heteroatoms. The van der Waals surface area contributed by atoms with E-state index in [0.29, 0.717) is 90.6 Å². The summed E-state index contributed by atoms with van der Waals surface area (Å²) < 4.78 is 41.7. The zero-order valence-corrected chi connectivity index (χ0v) is 84.3. The van der Waals surface area contributed by atoms with Gasteiger partial charge in [0.2, 0.25) is 5.91 Å². The van der Waals surface area contributed by atoms with Crippen molar-refractivity contribution >= 4 is 109 Å². The molecule has 0 unspecified atom stereocenters. The summed E-state index contributed by atoms with van der Waals surface area (Å²) in [4.78, 5) is 45.0. The molecule has 714 valence electrons. The first kappa shape index (κ1) is 109. The highest BCUT2D eigenvalue weighted by Gasteiger charge is 2.52. The summed E-state index contributed by atoms with van der Waals surface area (Å²) in [7, 11) is 7.28. The molecule has 10 aliphatic rings. The molecule has 0 bridgehead atoms. The molecule has 1 amide bonds. The fraction of sp³-hybridized carbons (Fsp3) is 0.644. The van der Waals surface area contributed by atoms with Crippen molar-refractivity contribution in [3.05, 3.63) is 122 Å². The van der Waals surface area contributed by atoms with E-state index in [4.69, 9.17) is 44.3 Å². The molecule has 10 heterocycles. The van der Waals surface area contributed by atoms with Gasteiger partial charge in [-0.05, 0) is 166 Å². The van der Waals surface area contributed by atoms with Crippen LogP contribution in [-0.4, -0.2) is 429 Å². The number of ether oxygens (including phenoxy) is 6. The Bertz CT molecular complexity index is 4450. The zero-order chi connectivity index (χ0) is 95.5. The molecule has 15 N–H and O–H groups in total. The summed E-state index contributed by atoms with van der Waals surface area (Å²) >= 11 is 0.